The Labute approximate surface area is 142 Å². The quantitative estimate of drug-likeness (QED) is 0.692. The lowest BCUT2D eigenvalue weighted by atomic mass is 10.2. The molecule has 0 saturated heterocycles. The van der Waals surface area contributed by atoms with Crippen LogP contribution >= 0.6 is 11.8 Å². The van der Waals surface area contributed by atoms with Crippen molar-refractivity contribution in [2.45, 2.75) is 25.4 Å². The summed E-state index contributed by atoms with van der Waals surface area (Å²) in [4.78, 5) is 26.3. The van der Waals surface area contributed by atoms with Gasteiger partial charge in [-0.25, -0.2) is 0 Å². The molecule has 2 heterocycles. The first-order valence-corrected chi connectivity index (χ1v) is 8.52. The molecule has 1 amide bonds. The van der Waals surface area contributed by atoms with Crippen LogP contribution in [0.5, 0.6) is 0 Å². The van der Waals surface area contributed by atoms with E-state index in [1.54, 1.807) is 4.40 Å². The molecular weight excluding hydrogens is 326 g/mol. The van der Waals surface area contributed by atoms with Crippen LogP contribution < -0.4 is 10.9 Å². The van der Waals surface area contributed by atoms with E-state index >= 15 is 0 Å². The molecule has 3 rings (SSSR count). The second kappa shape index (κ2) is 6.88. The topological polar surface area (TPSA) is 92.2 Å². The summed E-state index contributed by atoms with van der Waals surface area (Å²) in [5, 5.41) is 11.4. The van der Waals surface area contributed by atoms with Crippen LogP contribution in [-0.4, -0.2) is 31.2 Å². The molecule has 1 aromatic carbocycles. The molecule has 0 atom stereocenters. The fourth-order valence-electron chi connectivity index (χ4n) is 2.29. The standard InChI is InChI=1S/C16H17N5O2S/c1-3-12-8-13(22)18-15-19-20-16(21(12)15)24-9-14(23)17-11-6-4-10(2)5-7-11/h4-8H,3,9H2,1-2H3,(H,17,23)(H,18,19,22). The van der Waals surface area contributed by atoms with Crippen molar-refractivity contribution in [3.8, 4) is 0 Å². The number of anilines is 1. The average Bonchev–Trinajstić information content (AvgIpc) is 2.97. The van der Waals surface area contributed by atoms with E-state index in [2.05, 4.69) is 20.5 Å². The zero-order valence-corrected chi connectivity index (χ0v) is 14.2. The van der Waals surface area contributed by atoms with Gasteiger partial charge in [0.2, 0.25) is 11.7 Å². The first kappa shape index (κ1) is 16.3. The second-order valence-corrected chi connectivity index (χ2v) is 6.27. The number of rotatable bonds is 5. The number of carbonyl (C=O) groups excluding carboxylic acids is 1. The Morgan fingerprint density at radius 1 is 1.29 bits per heavy atom. The summed E-state index contributed by atoms with van der Waals surface area (Å²) in [7, 11) is 0. The number of nitrogens with zero attached hydrogens (tertiary/aromatic N) is 3. The maximum atomic E-state index is 12.1. The Morgan fingerprint density at radius 2 is 2.04 bits per heavy atom. The summed E-state index contributed by atoms with van der Waals surface area (Å²) >= 11 is 1.28. The third-order valence-electron chi connectivity index (χ3n) is 3.48. The summed E-state index contributed by atoms with van der Waals surface area (Å²) in [5.74, 6) is 0.473. The predicted molar refractivity (Wildman–Crippen MR) is 93.5 cm³/mol. The molecule has 2 aromatic heterocycles. The van der Waals surface area contributed by atoms with E-state index in [9.17, 15) is 9.59 Å². The number of aromatic nitrogens is 4. The van der Waals surface area contributed by atoms with E-state index < -0.39 is 0 Å². The highest BCUT2D eigenvalue weighted by Gasteiger charge is 2.13. The molecule has 0 fully saturated rings. The van der Waals surface area contributed by atoms with Crippen molar-refractivity contribution in [3.05, 3.63) is 51.9 Å². The van der Waals surface area contributed by atoms with Crippen LogP contribution in [0.1, 0.15) is 18.2 Å². The number of carbonyl (C=O) groups is 1. The lowest BCUT2D eigenvalue weighted by molar-refractivity contribution is -0.113. The van der Waals surface area contributed by atoms with Crippen molar-refractivity contribution < 1.29 is 4.79 Å². The zero-order chi connectivity index (χ0) is 17.1. The maximum Gasteiger partial charge on any atom is 0.252 e. The van der Waals surface area contributed by atoms with Gasteiger partial charge in [0, 0.05) is 17.4 Å². The highest BCUT2D eigenvalue weighted by molar-refractivity contribution is 7.99. The summed E-state index contributed by atoms with van der Waals surface area (Å²) < 4.78 is 1.77. The van der Waals surface area contributed by atoms with Crippen LogP contribution in [0, 0.1) is 6.92 Å². The summed E-state index contributed by atoms with van der Waals surface area (Å²) in [6.45, 7) is 3.94. The van der Waals surface area contributed by atoms with Gasteiger partial charge in [-0.1, -0.05) is 36.4 Å². The van der Waals surface area contributed by atoms with Crippen molar-refractivity contribution in [1.29, 1.82) is 0 Å². The van der Waals surface area contributed by atoms with Gasteiger partial charge >= 0.3 is 0 Å². The van der Waals surface area contributed by atoms with E-state index in [1.807, 2.05) is 38.1 Å². The lowest BCUT2D eigenvalue weighted by Gasteiger charge is -2.06. The zero-order valence-electron chi connectivity index (χ0n) is 13.4. The third-order valence-corrected chi connectivity index (χ3v) is 4.41. The van der Waals surface area contributed by atoms with Gasteiger partial charge in [0.1, 0.15) is 0 Å². The van der Waals surface area contributed by atoms with Crippen LogP contribution in [0.25, 0.3) is 5.78 Å². The van der Waals surface area contributed by atoms with E-state index in [4.69, 9.17) is 0 Å². The smallest absolute Gasteiger partial charge is 0.252 e. The largest absolute Gasteiger partial charge is 0.325 e. The van der Waals surface area contributed by atoms with Crippen LogP contribution in [0.3, 0.4) is 0 Å². The minimum absolute atomic E-state index is 0.122. The molecule has 124 valence electrons. The Kier molecular flexibility index (Phi) is 4.66. The Bertz CT molecular complexity index is 930. The van der Waals surface area contributed by atoms with Crippen molar-refractivity contribution in [2.24, 2.45) is 0 Å². The molecule has 3 aromatic rings. The highest BCUT2D eigenvalue weighted by Crippen LogP contribution is 2.18. The van der Waals surface area contributed by atoms with Crippen molar-refractivity contribution in [2.75, 3.05) is 11.1 Å². The third kappa shape index (κ3) is 3.48. The number of aromatic amines is 1. The van der Waals surface area contributed by atoms with Crippen LogP contribution in [0.15, 0.2) is 40.3 Å². The second-order valence-electron chi connectivity index (χ2n) is 5.32. The number of H-pyrrole nitrogens is 1. The molecule has 0 radical (unpaired) electrons. The monoisotopic (exact) mass is 343 g/mol. The molecule has 2 N–H and O–H groups in total. The molecule has 0 bridgehead atoms. The predicted octanol–water partition coefficient (Wildman–Crippen LogP) is 2.02. The number of fused-ring (bicyclic) bond motifs is 1. The Morgan fingerprint density at radius 3 is 2.75 bits per heavy atom. The minimum Gasteiger partial charge on any atom is -0.325 e. The van der Waals surface area contributed by atoms with Crippen LogP contribution in [0.4, 0.5) is 5.69 Å². The number of benzene rings is 1. The molecule has 0 aliphatic rings. The minimum atomic E-state index is -0.208. The first-order chi connectivity index (χ1) is 11.6. The van der Waals surface area contributed by atoms with Gasteiger partial charge in [0.25, 0.3) is 5.56 Å². The molecule has 0 aliphatic heterocycles. The van der Waals surface area contributed by atoms with E-state index in [-0.39, 0.29) is 17.2 Å². The van der Waals surface area contributed by atoms with E-state index in [1.165, 1.54) is 17.8 Å². The number of aryl methyl sites for hydroxylation is 2. The summed E-state index contributed by atoms with van der Waals surface area (Å²) in [6, 6.07) is 9.14. The number of nitrogens with one attached hydrogen (secondary N) is 2. The summed E-state index contributed by atoms with van der Waals surface area (Å²) in [5.41, 5.74) is 2.50. The number of amides is 1. The van der Waals surface area contributed by atoms with Crippen LogP contribution in [0.2, 0.25) is 0 Å². The maximum absolute atomic E-state index is 12.1. The lowest BCUT2D eigenvalue weighted by Crippen LogP contribution is -2.15. The van der Waals surface area contributed by atoms with Gasteiger partial charge in [-0.3, -0.25) is 19.0 Å². The highest BCUT2D eigenvalue weighted by atomic mass is 32.2. The molecule has 24 heavy (non-hydrogen) atoms. The molecule has 0 unspecified atom stereocenters. The SMILES string of the molecule is CCc1cc(=O)[nH]c2nnc(SCC(=O)Nc3ccc(C)cc3)n12. The number of hydrogen-bond donors (Lipinski definition) is 2. The molecule has 8 heteroatoms. The van der Waals surface area contributed by atoms with Gasteiger partial charge in [-0.2, -0.15) is 0 Å². The molecule has 0 saturated carbocycles. The van der Waals surface area contributed by atoms with Gasteiger partial charge in [-0.15, -0.1) is 10.2 Å². The molecular formula is C16H17N5O2S. The van der Waals surface area contributed by atoms with Crippen molar-refractivity contribution in [3.63, 3.8) is 0 Å². The van der Waals surface area contributed by atoms with Gasteiger partial charge < -0.3 is 5.32 Å². The van der Waals surface area contributed by atoms with Crippen LogP contribution in [-0.2, 0) is 11.2 Å². The fourth-order valence-corrected chi connectivity index (χ4v) is 3.05. The molecule has 0 aliphatic carbocycles. The van der Waals surface area contributed by atoms with Gasteiger partial charge in [0.15, 0.2) is 5.16 Å². The molecule has 7 nitrogen and oxygen atoms in total. The normalized spacial score (nSPS) is 10.9. The number of hydrogen-bond acceptors (Lipinski definition) is 5. The fraction of sp³-hybridized carbons (Fsp3) is 0.250. The number of thioether (sulfide) groups is 1. The first-order valence-electron chi connectivity index (χ1n) is 7.53. The van der Waals surface area contributed by atoms with Gasteiger partial charge in [-0.05, 0) is 25.5 Å². The van der Waals surface area contributed by atoms with E-state index in [0.717, 1.165) is 16.9 Å². The summed E-state index contributed by atoms with van der Waals surface area (Å²) in [6.07, 6.45) is 0.668. The van der Waals surface area contributed by atoms with Crippen molar-refractivity contribution >= 4 is 29.1 Å². The Hall–Kier alpha value is -2.61. The molecule has 0 spiro atoms. The average molecular weight is 343 g/mol. The Balaban J connectivity index is 1.72. The van der Waals surface area contributed by atoms with E-state index in [0.29, 0.717) is 17.4 Å². The van der Waals surface area contributed by atoms with Crippen molar-refractivity contribution in [1.82, 2.24) is 19.6 Å². The van der Waals surface area contributed by atoms with Gasteiger partial charge in [0.05, 0.1) is 5.75 Å².